The van der Waals surface area contributed by atoms with Crippen molar-refractivity contribution in [2.45, 2.75) is 39.2 Å². The number of alkyl halides is 3. The molecule has 0 bridgehead atoms. The van der Waals surface area contributed by atoms with E-state index in [2.05, 4.69) is 15.1 Å². The molecule has 0 saturated carbocycles. The van der Waals surface area contributed by atoms with Gasteiger partial charge in [0.1, 0.15) is 18.2 Å². The van der Waals surface area contributed by atoms with Crippen molar-refractivity contribution in [2.24, 2.45) is 0 Å². The van der Waals surface area contributed by atoms with E-state index in [1.54, 1.807) is 45.2 Å². The van der Waals surface area contributed by atoms with Crippen LogP contribution in [0, 0.1) is 0 Å². The molecule has 32 heavy (non-hydrogen) atoms. The molecule has 2 aromatic heterocycles. The van der Waals surface area contributed by atoms with Gasteiger partial charge in [0.2, 0.25) is 0 Å². The average molecular weight is 446 g/mol. The van der Waals surface area contributed by atoms with Gasteiger partial charge in [-0.1, -0.05) is 6.07 Å². The first-order chi connectivity index (χ1) is 15.1. The Morgan fingerprint density at radius 1 is 1.12 bits per heavy atom. The van der Waals surface area contributed by atoms with Crippen LogP contribution in [0.25, 0.3) is 17.6 Å². The van der Waals surface area contributed by atoms with Crippen LogP contribution < -0.4 is 4.74 Å². The lowest BCUT2D eigenvalue weighted by molar-refractivity contribution is -0.142. The van der Waals surface area contributed by atoms with Crippen LogP contribution in [0.2, 0.25) is 0 Å². The van der Waals surface area contributed by atoms with Crippen LogP contribution in [0.4, 0.5) is 13.2 Å². The number of hydrogen-bond donors (Lipinski definition) is 0. The fourth-order valence-corrected chi connectivity index (χ4v) is 2.74. The first-order valence-electron chi connectivity index (χ1n) is 9.72. The van der Waals surface area contributed by atoms with Crippen LogP contribution in [0.15, 0.2) is 55.0 Å². The molecule has 0 spiro atoms. The number of esters is 1. The van der Waals surface area contributed by atoms with Crippen molar-refractivity contribution in [1.82, 2.24) is 19.7 Å². The number of halogens is 3. The third-order valence-corrected chi connectivity index (χ3v) is 4.13. The first-order valence-corrected chi connectivity index (χ1v) is 9.72. The van der Waals surface area contributed by atoms with E-state index in [0.717, 1.165) is 18.2 Å². The van der Waals surface area contributed by atoms with Gasteiger partial charge in [-0.15, -0.1) is 5.10 Å². The van der Waals surface area contributed by atoms with Crippen LogP contribution in [-0.4, -0.2) is 31.8 Å². The molecule has 3 rings (SSSR count). The molecule has 0 aliphatic carbocycles. The molecule has 1 aromatic carbocycles. The number of carbonyl (C=O) groups excluding carboxylic acids is 1. The van der Waals surface area contributed by atoms with Gasteiger partial charge in [0.05, 0.1) is 17.4 Å². The summed E-state index contributed by atoms with van der Waals surface area (Å²) in [6.45, 7) is 5.11. The minimum absolute atomic E-state index is 0.0459. The van der Waals surface area contributed by atoms with Crippen LogP contribution in [-0.2, 0) is 15.7 Å². The lowest BCUT2D eigenvalue weighted by Gasteiger charge is -2.14. The van der Waals surface area contributed by atoms with Crippen LogP contribution in [0.1, 0.15) is 38.1 Å². The molecule has 0 aliphatic rings. The number of aromatic nitrogens is 4. The topological polar surface area (TPSA) is 79.1 Å². The van der Waals surface area contributed by atoms with E-state index in [1.807, 2.05) is 0 Å². The highest BCUT2D eigenvalue weighted by molar-refractivity contribution is 5.85. The molecule has 0 unspecified atom stereocenters. The lowest BCUT2D eigenvalue weighted by atomic mass is 10.1. The number of rotatable bonds is 7. The van der Waals surface area contributed by atoms with Gasteiger partial charge < -0.3 is 9.47 Å². The average Bonchev–Trinajstić information content (AvgIpc) is 3.21. The smallest absolute Gasteiger partial charge is 0.416 e. The number of nitrogens with zero attached hydrogens (tertiary/aromatic N) is 4. The molecular formula is C22H21F3N4O3. The van der Waals surface area contributed by atoms with E-state index < -0.39 is 23.8 Å². The van der Waals surface area contributed by atoms with Crippen molar-refractivity contribution < 1.29 is 27.4 Å². The number of benzene rings is 1. The molecular weight excluding hydrogens is 425 g/mol. The Labute approximate surface area is 182 Å². The Morgan fingerprint density at radius 2 is 1.91 bits per heavy atom. The Balaban J connectivity index is 1.75. The molecule has 0 aliphatic heterocycles. The maximum atomic E-state index is 13.3. The zero-order valence-corrected chi connectivity index (χ0v) is 17.6. The van der Waals surface area contributed by atoms with Gasteiger partial charge in [0.15, 0.2) is 5.82 Å². The molecule has 1 atom stereocenters. The second-order valence-corrected chi connectivity index (χ2v) is 7.11. The molecule has 0 fully saturated rings. The van der Waals surface area contributed by atoms with Crippen LogP contribution in [0.5, 0.6) is 5.75 Å². The highest BCUT2D eigenvalue weighted by atomic mass is 19.4. The van der Waals surface area contributed by atoms with E-state index >= 15 is 0 Å². The van der Waals surface area contributed by atoms with Crippen molar-refractivity contribution in [1.29, 1.82) is 0 Å². The maximum Gasteiger partial charge on any atom is 0.416 e. The van der Waals surface area contributed by atoms with Gasteiger partial charge in [0, 0.05) is 24.0 Å². The minimum Gasteiger partial charge on any atom is -0.491 e. The molecule has 10 heteroatoms. The predicted molar refractivity (Wildman–Crippen MR) is 110 cm³/mol. The molecule has 0 saturated heterocycles. The molecule has 0 amide bonds. The van der Waals surface area contributed by atoms with Gasteiger partial charge >= 0.3 is 12.1 Å². The summed E-state index contributed by atoms with van der Waals surface area (Å²) in [7, 11) is 0. The third kappa shape index (κ3) is 6.16. The normalized spacial score (nSPS) is 12.8. The molecule has 2 heterocycles. The second kappa shape index (κ2) is 9.63. The van der Waals surface area contributed by atoms with Crippen molar-refractivity contribution in [3.8, 4) is 17.1 Å². The Bertz CT molecular complexity index is 1100. The summed E-state index contributed by atoms with van der Waals surface area (Å²) in [4.78, 5) is 20.2. The minimum atomic E-state index is -4.55. The summed E-state index contributed by atoms with van der Waals surface area (Å²) in [5.74, 6) is -0.528. The zero-order valence-electron chi connectivity index (χ0n) is 17.6. The van der Waals surface area contributed by atoms with Crippen molar-refractivity contribution >= 4 is 12.2 Å². The number of hydrogen-bond acceptors (Lipinski definition) is 6. The van der Waals surface area contributed by atoms with Gasteiger partial charge in [-0.05, 0) is 51.1 Å². The summed E-state index contributed by atoms with van der Waals surface area (Å²) >= 11 is 0. The van der Waals surface area contributed by atoms with Crippen molar-refractivity contribution in [2.75, 3.05) is 0 Å². The van der Waals surface area contributed by atoms with Gasteiger partial charge in [-0.25, -0.2) is 14.5 Å². The molecule has 0 radical (unpaired) electrons. The lowest BCUT2D eigenvalue weighted by Crippen LogP contribution is -2.09. The molecule has 3 aromatic rings. The van der Waals surface area contributed by atoms with Gasteiger partial charge in [-0.3, -0.25) is 4.98 Å². The number of ether oxygens (including phenoxy) is 2. The van der Waals surface area contributed by atoms with E-state index in [1.165, 1.54) is 23.3 Å². The molecule has 7 nitrogen and oxygen atoms in total. The van der Waals surface area contributed by atoms with Gasteiger partial charge in [-0.2, -0.15) is 13.2 Å². The van der Waals surface area contributed by atoms with E-state index in [0.29, 0.717) is 5.69 Å². The molecule has 0 N–H and O–H groups in total. The standard InChI is InChI=1S/C22H21F3N4O3/c1-14(2)31-18-11-16(10-17(12-18)22(23,24)25)21-27-13-29(28-21)9-7-20(30)32-15(3)19-6-4-5-8-26-19/h4-15H,1-3H3/b9-7+/t15-/m0/s1. The summed E-state index contributed by atoms with van der Waals surface area (Å²) in [6, 6.07) is 8.57. The highest BCUT2D eigenvalue weighted by Gasteiger charge is 2.32. The largest absolute Gasteiger partial charge is 0.491 e. The van der Waals surface area contributed by atoms with Crippen molar-refractivity contribution in [3.05, 3.63) is 66.3 Å². The zero-order chi connectivity index (χ0) is 23.3. The van der Waals surface area contributed by atoms with Crippen LogP contribution in [0.3, 0.4) is 0 Å². The summed E-state index contributed by atoms with van der Waals surface area (Å²) < 4.78 is 51.7. The van der Waals surface area contributed by atoms with E-state index in [4.69, 9.17) is 9.47 Å². The Morgan fingerprint density at radius 3 is 2.56 bits per heavy atom. The Kier molecular flexibility index (Phi) is 6.92. The quantitative estimate of drug-likeness (QED) is 0.379. The number of pyridine rings is 1. The summed E-state index contributed by atoms with van der Waals surface area (Å²) in [5, 5.41) is 4.11. The monoisotopic (exact) mass is 446 g/mol. The summed E-state index contributed by atoms with van der Waals surface area (Å²) in [5.41, 5.74) is -0.139. The second-order valence-electron chi connectivity index (χ2n) is 7.11. The summed E-state index contributed by atoms with van der Waals surface area (Å²) in [6.07, 6.45) is -0.117. The fourth-order valence-electron chi connectivity index (χ4n) is 2.74. The fraction of sp³-hybridized carbons (Fsp3) is 0.273. The first kappa shape index (κ1) is 23.0. The van der Waals surface area contributed by atoms with Gasteiger partial charge in [0.25, 0.3) is 0 Å². The third-order valence-electron chi connectivity index (χ3n) is 4.13. The van der Waals surface area contributed by atoms with Crippen LogP contribution >= 0.6 is 0 Å². The maximum absolute atomic E-state index is 13.3. The van der Waals surface area contributed by atoms with E-state index in [-0.39, 0.29) is 23.2 Å². The SMILES string of the molecule is CC(C)Oc1cc(-c2ncn(/C=C/C(=O)O[C@@H](C)c3ccccn3)n2)cc(C(F)(F)F)c1. The van der Waals surface area contributed by atoms with Crippen molar-refractivity contribution in [3.63, 3.8) is 0 Å². The highest BCUT2D eigenvalue weighted by Crippen LogP contribution is 2.35. The predicted octanol–water partition coefficient (Wildman–Crippen LogP) is 4.92. The molecule has 168 valence electrons. The number of carbonyl (C=O) groups is 1. The Hall–Kier alpha value is -3.69. The van der Waals surface area contributed by atoms with E-state index in [9.17, 15) is 18.0 Å².